The summed E-state index contributed by atoms with van der Waals surface area (Å²) in [5, 5.41) is 16.8. The smallest absolute Gasteiger partial charge is 0.321 e. The minimum absolute atomic E-state index is 0. The molecule has 1 amide bonds. The Kier molecular flexibility index (Phi) is 12.4. The fourth-order valence-electron chi connectivity index (χ4n) is 7.08. The molecule has 1 aromatic heterocycles. The Bertz CT molecular complexity index is 1860. The lowest BCUT2D eigenvalue weighted by molar-refractivity contribution is -0.147. The Balaban J connectivity index is 0.00000270. The number of carbonyl (C=O) groups is 2. The third-order valence-corrected chi connectivity index (χ3v) is 9.54. The lowest BCUT2D eigenvalue weighted by atomic mass is 9.86. The number of nitrogens with zero attached hydrogens (tertiary/aromatic N) is 5. The van der Waals surface area contributed by atoms with E-state index in [4.69, 9.17) is 5.73 Å². The quantitative estimate of drug-likeness (QED) is 0.268. The molecule has 2 aliphatic heterocycles. The van der Waals surface area contributed by atoms with Gasteiger partial charge in [-0.2, -0.15) is 5.10 Å². The summed E-state index contributed by atoms with van der Waals surface area (Å²) in [6.45, 7) is 1.67. The number of amides is 1. The third-order valence-electron chi connectivity index (χ3n) is 9.54. The Morgan fingerprint density at radius 2 is 1.71 bits per heavy atom. The van der Waals surface area contributed by atoms with Crippen molar-refractivity contribution in [1.29, 1.82) is 0 Å². The third kappa shape index (κ3) is 8.04. The number of aliphatic carboxylic acids is 1. The average Bonchev–Trinajstić information content (AvgIpc) is 3.49. The van der Waals surface area contributed by atoms with Crippen molar-refractivity contribution < 1.29 is 23.5 Å². The molecule has 10 nitrogen and oxygen atoms in total. The maximum absolute atomic E-state index is 15.2. The monoisotopic (exact) mass is 716 g/mol. The molecule has 2 fully saturated rings. The molecule has 14 heteroatoms. The van der Waals surface area contributed by atoms with E-state index < -0.39 is 35.5 Å². The summed E-state index contributed by atoms with van der Waals surface area (Å²) in [4.78, 5) is 44.5. The van der Waals surface area contributed by atoms with Crippen LogP contribution in [-0.4, -0.2) is 87.9 Å². The summed E-state index contributed by atoms with van der Waals surface area (Å²) in [6.07, 6.45) is 0.762. The number of aryl methyl sites for hydroxylation is 1. The summed E-state index contributed by atoms with van der Waals surface area (Å²) >= 11 is 0. The number of aromatic nitrogens is 2. The van der Waals surface area contributed by atoms with Crippen LogP contribution in [0.4, 0.5) is 14.6 Å². The molecular weight excluding hydrogens is 677 g/mol. The molecule has 2 aliphatic rings. The minimum atomic E-state index is -0.938. The molecule has 2 saturated heterocycles. The molecule has 4 atom stereocenters. The second-order valence-electron chi connectivity index (χ2n) is 12.4. The van der Waals surface area contributed by atoms with Gasteiger partial charge >= 0.3 is 5.97 Å². The summed E-state index contributed by atoms with van der Waals surface area (Å²) in [5.41, 5.74) is 6.86. The van der Waals surface area contributed by atoms with Crippen LogP contribution in [0, 0.1) is 17.6 Å². The van der Waals surface area contributed by atoms with Crippen LogP contribution in [-0.2, 0) is 23.1 Å². The molecule has 0 bridgehead atoms. The number of hydrogen-bond acceptors (Lipinski definition) is 7. The highest BCUT2D eigenvalue weighted by atomic mass is 35.5. The molecule has 49 heavy (non-hydrogen) atoms. The van der Waals surface area contributed by atoms with Gasteiger partial charge in [-0.3, -0.25) is 19.3 Å². The number of piperazine rings is 1. The van der Waals surface area contributed by atoms with Gasteiger partial charge in [0.2, 0.25) is 5.91 Å². The number of anilines is 1. The van der Waals surface area contributed by atoms with E-state index in [-0.39, 0.29) is 67.5 Å². The van der Waals surface area contributed by atoms with Crippen molar-refractivity contribution in [2.75, 3.05) is 44.2 Å². The molecule has 1 unspecified atom stereocenters. The molecular formula is C35H40Cl2F2N6O4. The Morgan fingerprint density at radius 1 is 0.959 bits per heavy atom. The molecule has 0 saturated carbocycles. The van der Waals surface area contributed by atoms with E-state index >= 15 is 4.39 Å². The highest BCUT2D eigenvalue weighted by molar-refractivity contribution is 5.86. The first-order chi connectivity index (χ1) is 22.6. The molecule has 4 aromatic rings. The topological polar surface area (TPSA) is 125 Å². The fourth-order valence-corrected chi connectivity index (χ4v) is 7.08. The van der Waals surface area contributed by atoms with Crippen molar-refractivity contribution in [3.8, 4) is 0 Å². The van der Waals surface area contributed by atoms with Crippen LogP contribution in [0.1, 0.15) is 23.5 Å². The number of fused-ring (bicyclic) bond motifs is 1. The number of carboxylic acid groups (broad SMARTS) is 1. The van der Waals surface area contributed by atoms with Crippen molar-refractivity contribution >= 4 is 53.3 Å². The number of carbonyl (C=O) groups excluding carboxylic acids is 1. The van der Waals surface area contributed by atoms with E-state index in [0.717, 1.165) is 22.4 Å². The van der Waals surface area contributed by atoms with E-state index in [1.165, 1.54) is 29.9 Å². The maximum Gasteiger partial charge on any atom is 0.321 e. The van der Waals surface area contributed by atoms with Crippen molar-refractivity contribution in [3.63, 3.8) is 0 Å². The van der Waals surface area contributed by atoms with E-state index in [2.05, 4.69) is 5.10 Å². The highest BCUT2D eigenvalue weighted by Gasteiger charge is 2.45. The van der Waals surface area contributed by atoms with Gasteiger partial charge in [-0.25, -0.2) is 13.5 Å². The second kappa shape index (κ2) is 16.1. The standard InChI is InChI=1S/C35H38F2N6O4.2ClH/c1-40-33(44)11-10-32(39-40)42-20-28(27-9-8-25(36)18-30(27)37)29(21-42)34(45)43-15-14-41(19-26(43)12-13-38)31(35(46)47)17-22-6-7-23-4-2-3-5-24(23)16-22;;/h2-11,16,18,26,28-29,31H,12-15,17,19-21,38H2,1H3,(H,46,47);2*1H/t26-,28-,29+,31?;;/m0../s1. The zero-order valence-corrected chi connectivity index (χ0v) is 28.6. The molecule has 0 spiro atoms. The highest BCUT2D eigenvalue weighted by Crippen LogP contribution is 2.38. The van der Waals surface area contributed by atoms with E-state index in [0.29, 0.717) is 38.3 Å². The van der Waals surface area contributed by atoms with E-state index in [9.17, 15) is 23.9 Å². The summed E-state index contributed by atoms with van der Waals surface area (Å²) < 4.78 is 30.3. The molecule has 0 aliphatic carbocycles. The van der Waals surface area contributed by atoms with Gasteiger partial charge in [0.25, 0.3) is 5.56 Å². The Hall–Kier alpha value is -4.10. The maximum atomic E-state index is 15.2. The predicted octanol–water partition coefficient (Wildman–Crippen LogP) is 3.83. The molecule has 6 rings (SSSR count). The average molecular weight is 718 g/mol. The zero-order valence-electron chi connectivity index (χ0n) is 27.0. The van der Waals surface area contributed by atoms with Crippen LogP contribution in [0.2, 0.25) is 0 Å². The van der Waals surface area contributed by atoms with Crippen LogP contribution in [0.5, 0.6) is 0 Å². The van der Waals surface area contributed by atoms with Gasteiger partial charge in [-0.1, -0.05) is 48.5 Å². The number of benzene rings is 3. The van der Waals surface area contributed by atoms with Gasteiger partial charge in [0.1, 0.15) is 23.5 Å². The first kappa shape index (κ1) is 37.7. The zero-order chi connectivity index (χ0) is 33.2. The van der Waals surface area contributed by atoms with E-state index in [1.54, 1.807) is 11.0 Å². The number of carboxylic acids is 1. The van der Waals surface area contributed by atoms with Gasteiger partial charge in [-0.15, -0.1) is 24.8 Å². The van der Waals surface area contributed by atoms with Crippen molar-refractivity contribution in [2.45, 2.75) is 30.8 Å². The number of rotatable bonds is 9. The van der Waals surface area contributed by atoms with Gasteiger partial charge in [-0.05, 0) is 53.4 Å². The lowest BCUT2D eigenvalue weighted by Crippen LogP contribution is -2.60. The first-order valence-electron chi connectivity index (χ1n) is 15.8. The fraction of sp³-hybridized carbons (Fsp3) is 0.371. The van der Waals surface area contributed by atoms with Gasteiger partial charge in [0, 0.05) is 63.9 Å². The van der Waals surface area contributed by atoms with Gasteiger partial charge < -0.3 is 20.6 Å². The SMILES string of the molecule is Cl.Cl.Cn1nc(N2C[C@@H](C(=O)N3CCN(C(Cc4ccc5ccccc5c4)C(=O)O)C[C@@H]3CCN)[C@H](c3ccc(F)cc3F)C2)ccc1=O. The number of nitrogens with two attached hydrogens (primary N) is 1. The minimum Gasteiger partial charge on any atom is -0.480 e. The van der Waals surface area contributed by atoms with Crippen LogP contribution >= 0.6 is 24.8 Å². The number of halogens is 4. The van der Waals surface area contributed by atoms with Crippen LogP contribution in [0.3, 0.4) is 0 Å². The van der Waals surface area contributed by atoms with Gasteiger partial charge in [0.05, 0.1) is 5.92 Å². The van der Waals surface area contributed by atoms with Crippen molar-refractivity contribution in [1.82, 2.24) is 19.6 Å². The summed E-state index contributed by atoms with van der Waals surface area (Å²) in [5.74, 6) is -3.43. The Morgan fingerprint density at radius 3 is 2.41 bits per heavy atom. The summed E-state index contributed by atoms with van der Waals surface area (Å²) in [6, 6.07) is 19.1. The normalized spacial score (nSPS) is 20.0. The largest absolute Gasteiger partial charge is 0.480 e. The molecule has 262 valence electrons. The molecule has 3 N–H and O–H groups in total. The molecule has 3 heterocycles. The second-order valence-corrected chi connectivity index (χ2v) is 12.4. The van der Waals surface area contributed by atoms with E-state index in [1.807, 2.05) is 52.3 Å². The number of hydrogen-bond donors (Lipinski definition) is 2. The molecule has 0 radical (unpaired) electrons. The Labute approximate surface area is 295 Å². The molecule has 3 aromatic carbocycles. The van der Waals surface area contributed by atoms with Crippen LogP contribution in [0.15, 0.2) is 77.6 Å². The lowest BCUT2D eigenvalue weighted by Gasteiger charge is -2.44. The van der Waals surface area contributed by atoms with Gasteiger partial charge in [0.15, 0.2) is 0 Å². The first-order valence-corrected chi connectivity index (χ1v) is 15.8. The summed E-state index contributed by atoms with van der Waals surface area (Å²) in [7, 11) is 1.53. The van der Waals surface area contributed by atoms with Crippen molar-refractivity contribution in [3.05, 3.63) is 106 Å². The van der Waals surface area contributed by atoms with Crippen LogP contribution < -0.4 is 16.2 Å². The van der Waals surface area contributed by atoms with Crippen LogP contribution in [0.25, 0.3) is 10.8 Å². The van der Waals surface area contributed by atoms with Crippen molar-refractivity contribution in [2.24, 2.45) is 18.7 Å². The predicted molar refractivity (Wildman–Crippen MR) is 189 cm³/mol.